The Balaban J connectivity index is 1.27. The SMILES string of the molecule is O=C(NCCN1CCN(c2nc3c(Cl)cccc3s2)CC1)c1cc(Cl)ccc1Cl. The monoisotopic (exact) mass is 468 g/mol. The normalized spacial score (nSPS) is 15.1. The molecule has 0 saturated carbocycles. The molecule has 0 spiro atoms. The highest BCUT2D eigenvalue weighted by atomic mass is 35.5. The minimum atomic E-state index is -0.206. The number of nitrogens with zero attached hydrogens (tertiary/aromatic N) is 3. The molecule has 0 aliphatic carbocycles. The molecular formula is C20H19Cl3N4OS. The molecule has 29 heavy (non-hydrogen) atoms. The minimum Gasteiger partial charge on any atom is -0.351 e. The fourth-order valence-electron chi connectivity index (χ4n) is 3.30. The van der Waals surface area contributed by atoms with Crippen molar-refractivity contribution < 1.29 is 4.79 Å². The average molecular weight is 470 g/mol. The largest absolute Gasteiger partial charge is 0.351 e. The maximum atomic E-state index is 12.3. The zero-order valence-electron chi connectivity index (χ0n) is 15.5. The summed E-state index contributed by atoms with van der Waals surface area (Å²) in [6.45, 7) is 4.95. The molecule has 3 aromatic rings. The summed E-state index contributed by atoms with van der Waals surface area (Å²) < 4.78 is 1.11. The fraction of sp³-hybridized carbons (Fsp3) is 0.300. The van der Waals surface area contributed by atoms with Crippen LogP contribution in [0.3, 0.4) is 0 Å². The zero-order chi connectivity index (χ0) is 20.4. The number of para-hydroxylation sites is 1. The first-order valence-corrected chi connectivity index (χ1v) is 11.2. The van der Waals surface area contributed by atoms with Crippen LogP contribution in [0, 0.1) is 0 Å². The molecule has 1 aliphatic rings. The van der Waals surface area contributed by atoms with Crippen molar-refractivity contribution in [3.63, 3.8) is 0 Å². The molecule has 1 saturated heterocycles. The van der Waals surface area contributed by atoms with Gasteiger partial charge in [0, 0.05) is 44.3 Å². The molecule has 0 bridgehead atoms. The molecule has 2 aromatic carbocycles. The predicted octanol–water partition coefficient (Wildman–Crippen LogP) is 4.81. The molecule has 152 valence electrons. The van der Waals surface area contributed by atoms with Crippen molar-refractivity contribution in [1.82, 2.24) is 15.2 Å². The van der Waals surface area contributed by atoms with Gasteiger partial charge in [-0.15, -0.1) is 0 Å². The van der Waals surface area contributed by atoms with Crippen LogP contribution in [0.25, 0.3) is 10.2 Å². The van der Waals surface area contributed by atoms with Crippen molar-refractivity contribution in [2.45, 2.75) is 0 Å². The summed E-state index contributed by atoms with van der Waals surface area (Å²) in [7, 11) is 0. The van der Waals surface area contributed by atoms with Gasteiger partial charge in [0.2, 0.25) is 0 Å². The number of benzene rings is 2. The number of rotatable bonds is 5. The quantitative estimate of drug-likeness (QED) is 0.583. The van der Waals surface area contributed by atoms with Crippen molar-refractivity contribution >= 4 is 67.4 Å². The van der Waals surface area contributed by atoms with Crippen LogP contribution in [0.1, 0.15) is 10.4 Å². The van der Waals surface area contributed by atoms with Gasteiger partial charge in [0.05, 0.1) is 20.3 Å². The maximum Gasteiger partial charge on any atom is 0.252 e. The lowest BCUT2D eigenvalue weighted by Crippen LogP contribution is -2.48. The van der Waals surface area contributed by atoms with E-state index in [1.54, 1.807) is 29.5 Å². The second kappa shape index (κ2) is 9.06. The summed E-state index contributed by atoms with van der Waals surface area (Å²) in [4.78, 5) is 21.6. The molecule has 1 amide bonds. The van der Waals surface area contributed by atoms with E-state index in [2.05, 4.69) is 15.1 Å². The smallest absolute Gasteiger partial charge is 0.252 e. The van der Waals surface area contributed by atoms with Crippen molar-refractivity contribution in [3.05, 3.63) is 57.0 Å². The maximum absolute atomic E-state index is 12.3. The number of anilines is 1. The van der Waals surface area contributed by atoms with E-state index in [-0.39, 0.29) is 5.91 Å². The molecule has 1 aromatic heterocycles. The number of carbonyl (C=O) groups is 1. The summed E-state index contributed by atoms with van der Waals surface area (Å²) in [6.07, 6.45) is 0. The average Bonchev–Trinajstić information content (AvgIpc) is 3.16. The Hall–Kier alpha value is -1.57. The molecule has 2 heterocycles. The molecule has 0 radical (unpaired) electrons. The molecule has 0 unspecified atom stereocenters. The van der Waals surface area contributed by atoms with Gasteiger partial charge in [-0.05, 0) is 30.3 Å². The Bertz CT molecular complexity index is 1030. The molecule has 1 N–H and O–H groups in total. The van der Waals surface area contributed by atoms with Gasteiger partial charge in [0.15, 0.2) is 5.13 Å². The molecule has 1 aliphatic heterocycles. The van der Waals surface area contributed by atoms with Gasteiger partial charge in [-0.2, -0.15) is 0 Å². The van der Waals surface area contributed by atoms with E-state index in [1.165, 1.54) is 0 Å². The van der Waals surface area contributed by atoms with E-state index in [4.69, 9.17) is 39.8 Å². The topological polar surface area (TPSA) is 48.5 Å². The Labute approximate surface area is 188 Å². The number of amides is 1. The lowest BCUT2D eigenvalue weighted by atomic mass is 10.2. The fourth-order valence-corrected chi connectivity index (χ4v) is 4.99. The number of carbonyl (C=O) groups excluding carboxylic acids is 1. The van der Waals surface area contributed by atoms with Gasteiger partial charge in [-0.3, -0.25) is 9.69 Å². The number of thiazole rings is 1. The summed E-state index contributed by atoms with van der Waals surface area (Å²) in [5.74, 6) is -0.206. The number of aromatic nitrogens is 1. The van der Waals surface area contributed by atoms with Gasteiger partial charge >= 0.3 is 0 Å². The molecule has 9 heteroatoms. The number of hydrogen-bond acceptors (Lipinski definition) is 5. The lowest BCUT2D eigenvalue weighted by molar-refractivity contribution is 0.0948. The van der Waals surface area contributed by atoms with Crippen molar-refractivity contribution in [2.24, 2.45) is 0 Å². The number of nitrogens with one attached hydrogen (secondary N) is 1. The molecule has 5 nitrogen and oxygen atoms in total. The van der Waals surface area contributed by atoms with Gasteiger partial charge in [0.25, 0.3) is 5.91 Å². The summed E-state index contributed by atoms with van der Waals surface area (Å²) in [5, 5.41) is 5.52. The van der Waals surface area contributed by atoms with Crippen LogP contribution < -0.4 is 10.2 Å². The standard InChI is InChI=1S/C20H19Cl3N4OS/c21-13-4-5-15(22)14(12-13)19(28)24-6-7-26-8-10-27(11-9-26)20-25-18-16(23)2-1-3-17(18)29-20/h1-5,12H,6-11H2,(H,24,28). The van der Waals surface area contributed by atoms with E-state index in [0.29, 0.717) is 27.2 Å². The van der Waals surface area contributed by atoms with Crippen LogP contribution in [0.15, 0.2) is 36.4 Å². The van der Waals surface area contributed by atoms with Gasteiger partial charge in [0.1, 0.15) is 5.52 Å². The first-order valence-electron chi connectivity index (χ1n) is 9.27. The number of fused-ring (bicyclic) bond motifs is 1. The van der Waals surface area contributed by atoms with Crippen molar-refractivity contribution in [2.75, 3.05) is 44.2 Å². The molecule has 1 fully saturated rings. The number of piperazine rings is 1. The van der Waals surface area contributed by atoms with E-state index >= 15 is 0 Å². The Kier molecular flexibility index (Phi) is 6.47. The molecular weight excluding hydrogens is 451 g/mol. The highest BCUT2D eigenvalue weighted by molar-refractivity contribution is 7.22. The molecule has 4 rings (SSSR count). The summed E-state index contributed by atoms with van der Waals surface area (Å²) in [6, 6.07) is 10.8. The highest BCUT2D eigenvalue weighted by Crippen LogP contribution is 2.33. The Morgan fingerprint density at radius 1 is 1.07 bits per heavy atom. The number of halogens is 3. The Morgan fingerprint density at radius 3 is 2.62 bits per heavy atom. The van der Waals surface area contributed by atoms with Gasteiger partial charge in [-0.1, -0.05) is 52.2 Å². The van der Waals surface area contributed by atoms with E-state index in [9.17, 15) is 4.79 Å². The minimum absolute atomic E-state index is 0.206. The van der Waals surface area contributed by atoms with E-state index < -0.39 is 0 Å². The third-order valence-corrected chi connectivity index (χ3v) is 6.84. The summed E-state index contributed by atoms with van der Waals surface area (Å²) in [5.41, 5.74) is 1.28. The zero-order valence-corrected chi connectivity index (χ0v) is 18.6. The van der Waals surface area contributed by atoms with Crippen LogP contribution in [0.2, 0.25) is 15.1 Å². The first kappa shape index (κ1) is 20.7. The highest BCUT2D eigenvalue weighted by Gasteiger charge is 2.20. The van der Waals surface area contributed by atoms with Crippen LogP contribution >= 0.6 is 46.1 Å². The van der Waals surface area contributed by atoms with E-state index in [0.717, 1.165) is 48.1 Å². The van der Waals surface area contributed by atoms with E-state index in [1.807, 2.05) is 18.2 Å². The second-order valence-corrected chi connectivity index (χ2v) is 9.05. The van der Waals surface area contributed by atoms with Crippen LogP contribution in [0.4, 0.5) is 5.13 Å². The van der Waals surface area contributed by atoms with Crippen LogP contribution in [-0.4, -0.2) is 55.1 Å². The van der Waals surface area contributed by atoms with Crippen LogP contribution in [-0.2, 0) is 0 Å². The predicted molar refractivity (Wildman–Crippen MR) is 122 cm³/mol. The second-order valence-electron chi connectivity index (χ2n) is 6.79. The van der Waals surface area contributed by atoms with Crippen LogP contribution in [0.5, 0.6) is 0 Å². The van der Waals surface area contributed by atoms with Crippen molar-refractivity contribution in [3.8, 4) is 0 Å². The third-order valence-electron chi connectivity index (χ3n) is 4.89. The molecule has 0 atom stereocenters. The van der Waals surface area contributed by atoms with Gasteiger partial charge < -0.3 is 10.2 Å². The third kappa shape index (κ3) is 4.78. The van der Waals surface area contributed by atoms with Crippen molar-refractivity contribution in [1.29, 1.82) is 0 Å². The number of hydrogen-bond donors (Lipinski definition) is 1. The van der Waals surface area contributed by atoms with Gasteiger partial charge in [-0.25, -0.2) is 4.98 Å². The lowest BCUT2D eigenvalue weighted by Gasteiger charge is -2.34. The Morgan fingerprint density at radius 2 is 1.86 bits per heavy atom. The summed E-state index contributed by atoms with van der Waals surface area (Å²) >= 11 is 20.0. The first-order chi connectivity index (χ1) is 14.0.